The van der Waals surface area contributed by atoms with Gasteiger partial charge in [0.15, 0.2) is 0 Å². The van der Waals surface area contributed by atoms with E-state index in [-0.39, 0.29) is 10.7 Å². The number of hydrogen-bond donors (Lipinski definition) is 2. The first-order valence-electron chi connectivity index (χ1n) is 5.34. The van der Waals surface area contributed by atoms with Crippen molar-refractivity contribution in [3.63, 3.8) is 0 Å². The molecule has 0 fully saturated rings. The SMILES string of the molecule is CCC(Br)C(=O)Nc1ccc(NS(C)(=O)=O)cc1. The van der Waals surface area contributed by atoms with E-state index >= 15 is 0 Å². The summed E-state index contributed by atoms with van der Waals surface area (Å²) in [6, 6.07) is 6.46. The Hall–Kier alpha value is -1.08. The fourth-order valence-corrected chi connectivity index (χ4v) is 1.92. The molecule has 0 aliphatic rings. The molecular weight excluding hydrogens is 320 g/mol. The quantitative estimate of drug-likeness (QED) is 0.810. The smallest absolute Gasteiger partial charge is 0.238 e. The van der Waals surface area contributed by atoms with Gasteiger partial charge >= 0.3 is 0 Å². The van der Waals surface area contributed by atoms with Crippen LogP contribution in [-0.4, -0.2) is 25.4 Å². The maximum absolute atomic E-state index is 11.6. The number of nitrogens with one attached hydrogen (secondary N) is 2. The summed E-state index contributed by atoms with van der Waals surface area (Å²) in [6.45, 7) is 1.90. The van der Waals surface area contributed by atoms with Crippen LogP contribution in [0.3, 0.4) is 0 Å². The molecule has 1 rings (SSSR count). The van der Waals surface area contributed by atoms with E-state index in [1.807, 2.05) is 6.92 Å². The van der Waals surface area contributed by atoms with Crippen molar-refractivity contribution in [3.8, 4) is 0 Å². The first-order valence-corrected chi connectivity index (χ1v) is 8.15. The monoisotopic (exact) mass is 334 g/mol. The minimum Gasteiger partial charge on any atom is -0.325 e. The number of carbonyl (C=O) groups excluding carboxylic acids is 1. The highest BCUT2D eigenvalue weighted by molar-refractivity contribution is 9.10. The van der Waals surface area contributed by atoms with Gasteiger partial charge in [-0.25, -0.2) is 8.42 Å². The molecule has 0 bridgehead atoms. The Morgan fingerprint density at radius 3 is 2.22 bits per heavy atom. The number of anilines is 2. The average Bonchev–Trinajstić information content (AvgIpc) is 2.28. The summed E-state index contributed by atoms with van der Waals surface area (Å²) >= 11 is 3.25. The summed E-state index contributed by atoms with van der Waals surface area (Å²) in [6.07, 6.45) is 1.78. The minimum atomic E-state index is -3.28. The van der Waals surface area contributed by atoms with Crippen LogP contribution in [-0.2, 0) is 14.8 Å². The third-order valence-electron chi connectivity index (χ3n) is 2.10. The predicted octanol–water partition coefficient (Wildman–Crippen LogP) is 2.17. The molecule has 0 heterocycles. The van der Waals surface area contributed by atoms with E-state index in [1.165, 1.54) is 0 Å². The van der Waals surface area contributed by atoms with E-state index in [4.69, 9.17) is 0 Å². The number of benzene rings is 1. The zero-order valence-corrected chi connectivity index (χ0v) is 12.5. The zero-order chi connectivity index (χ0) is 13.8. The maximum atomic E-state index is 11.6. The van der Waals surface area contributed by atoms with Crippen molar-refractivity contribution in [2.45, 2.75) is 18.2 Å². The molecule has 0 aromatic heterocycles. The molecule has 0 saturated heterocycles. The standard InChI is InChI=1S/C11H15BrN2O3S/c1-3-10(12)11(15)13-8-4-6-9(7-5-8)14-18(2,16)17/h4-7,10,14H,3H2,1-2H3,(H,13,15). The van der Waals surface area contributed by atoms with Crippen molar-refractivity contribution >= 4 is 43.2 Å². The van der Waals surface area contributed by atoms with Crippen molar-refractivity contribution < 1.29 is 13.2 Å². The van der Waals surface area contributed by atoms with E-state index < -0.39 is 10.0 Å². The number of rotatable bonds is 5. The summed E-state index contributed by atoms with van der Waals surface area (Å²) in [5, 5.41) is 2.72. The second-order valence-electron chi connectivity index (χ2n) is 3.82. The van der Waals surface area contributed by atoms with Gasteiger partial charge in [-0.2, -0.15) is 0 Å². The lowest BCUT2D eigenvalue weighted by atomic mass is 10.2. The molecule has 1 aromatic rings. The zero-order valence-electron chi connectivity index (χ0n) is 10.1. The highest BCUT2D eigenvalue weighted by Gasteiger charge is 2.12. The van der Waals surface area contributed by atoms with Gasteiger partial charge in [0.1, 0.15) is 0 Å². The Labute approximate surface area is 115 Å². The lowest BCUT2D eigenvalue weighted by Gasteiger charge is -2.09. The molecule has 5 nitrogen and oxygen atoms in total. The summed E-state index contributed by atoms with van der Waals surface area (Å²) in [7, 11) is -3.28. The van der Waals surface area contributed by atoms with Crippen molar-refractivity contribution in [2.24, 2.45) is 0 Å². The summed E-state index contributed by atoms with van der Waals surface area (Å²) in [5.74, 6) is -0.124. The van der Waals surface area contributed by atoms with E-state index in [0.717, 1.165) is 6.26 Å². The van der Waals surface area contributed by atoms with Crippen molar-refractivity contribution in [3.05, 3.63) is 24.3 Å². The molecule has 1 aromatic carbocycles. The highest BCUT2D eigenvalue weighted by atomic mass is 79.9. The van der Waals surface area contributed by atoms with E-state index in [2.05, 4.69) is 26.0 Å². The van der Waals surface area contributed by atoms with Crippen LogP contribution in [0.4, 0.5) is 11.4 Å². The second-order valence-corrected chi connectivity index (χ2v) is 6.67. The molecule has 100 valence electrons. The van der Waals surface area contributed by atoms with Crippen molar-refractivity contribution in [2.75, 3.05) is 16.3 Å². The van der Waals surface area contributed by atoms with Crippen LogP contribution >= 0.6 is 15.9 Å². The molecule has 18 heavy (non-hydrogen) atoms. The van der Waals surface area contributed by atoms with Gasteiger partial charge in [-0.3, -0.25) is 9.52 Å². The van der Waals surface area contributed by atoms with Gasteiger partial charge in [-0.05, 0) is 30.7 Å². The second kappa shape index (κ2) is 6.19. The molecule has 0 saturated carbocycles. The first-order chi connectivity index (χ1) is 8.31. The summed E-state index contributed by atoms with van der Waals surface area (Å²) in [4.78, 5) is 11.4. The van der Waals surface area contributed by atoms with Gasteiger partial charge in [-0.15, -0.1) is 0 Å². The number of amides is 1. The van der Waals surface area contributed by atoms with Crippen LogP contribution in [0.5, 0.6) is 0 Å². The van der Waals surface area contributed by atoms with Crippen molar-refractivity contribution in [1.29, 1.82) is 0 Å². The molecule has 1 atom stereocenters. The summed E-state index contributed by atoms with van der Waals surface area (Å²) in [5.41, 5.74) is 1.08. The first kappa shape index (κ1) is 15.0. The molecule has 2 N–H and O–H groups in total. The van der Waals surface area contributed by atoms with Gasteiger partial charge < -0.3 is 5.32 Å². The van der Waals surface area contributed by atoms with E-state index in [9.17, 15) is 13.2 Å². The van der Waals surface area contributed by atoms with Gasteiger partial charge in [-0.1, -0.05) is 22.9 Å². The number of halogens is 1. The molecule has 0 aliphatic carbocycles. The van der Waals surface area contributed by atoms with Gasteiger partial charge in [0, 0.05) is 11.4 Å². The fraction of sp³-hybridized carbons (Fsp3) is 0.364. The maximum Gasteiger partial charge on any atom is 0.238 e. The highest BCUT2D eigenvalue weighted by Crippen LogP contribution is 2.16. The van der Waals surface area contributed by atoms with Gasteiger partial charge in [0.2, 0.25) is 15.9 Å². The van der Waals surface area contributed by atoms with Crippen LogP contribution in [0.2, 0.25) is 0 Å². The van der Waals surface area contributed by atoms with Gasteiger partial charge in [0.25, 0.3) is 0 Å². The van der Waals surface area contributed by atoms with Crippen molar-refractivity contribution in [1.82, 2.24) is 0 Å². The van der Waals surface area contributed by atoms with Crippen LogP contribution in [0.25, 0.3) is 0 Å². The molecule has 0 spiro atoms. The van der Waals surface area contributed by atoms with Crippen LogP contribution in [0.1, 0.15) is 13.3 Å². The molecular formula is C11H15BrN2O3S. The Kier molecular flexibility index (Phi) is 5.15. The Bertz CT molecular complexity index is 514. The summed E-state index contributed by atoms with van der Waals surface area (Å²) < 4.78 is 24.4. The molecule has 1 unspecified atom stereocenters. The minimum absolute atomic E-state index is 0.124. The van der Waals surface area contributed by atoms with Crippen LogP contribution in [0.15, 0.2) is 24.3 Å². The third kappa shape index (κ3) is 5.05. The molecule has 7 heteroatoms. The average molecular weight is 335 g/mol. The fourth-order valence-electron chi connectivity index (χ4n) is 1.24. The molecule has 1 amide bonds. The number of carbonyl (C=O) groups is 1. The number of hydrogen-bond acceptors (Lipinski definition) is 3. The van der Waals surface area contributed by atoms with E-state index in [1.54, 1.807) is 24.3 Å². The Balaban J connectivity index is 2.69. The topological polar surface area (TPSA) is 75.3 Å². The number of alkyl halides is 1. The Morgan fingerprint density at radius 1 is 1.28 bits per heavy atom. The molecule has 0 radical (unpaired) electrons. The van der Waals surface area contributed by atoms with Crippen LogP contribution < -0.4 is 10.0 Å². The third-order valence-corrected chi connectivity index (χ3v) is 3.77. The predicted molar refractivity (Wildman–Crippen MR) is 76.5 cm³/mol. The largest absolute Gasteiger partial charge is 0.325 e. The van der Waals surface area contributed by atoms with Gasteiger partial charge in [0.05, 0.1) is 11.1 Å². The Morgan fingerprint density at radius 2 is 1.78 bits per heavy atom. The number of sulfonamides is 1. The van der Waals surface area contributed by atoms with E-state index in [0.29, 0.717) is 17.8 Å². The normalized spacial score (nSPS) is 12.8. The lowest BCUT2D eigenvalue weighted by Crippen LogP contribution is -2.21. The van der Waals surface area contributed by atoms with Crippen LogP contribution in [0, 0.1) is 0 Å². The molecule has 0 aliphatic heterocycles. The lowest BCUT2D eigenvalue weighted by molar-refractivity contribution is -0.115.